The molecule has 4 aliphatic rings. The minimum absolute atomic E-state index is 0.0648. The van der Waals surface area contributed by atoms with Crippen molar-refractivity contribution >= 4 is 5.78 Å². The highest BCUT2D eigenvalue weighted by atomic mass is 16.6. The second-order valence-corrected chi connectivity index (χ2v) is 10.8. The molecule has 3 saturated carbocycles. The van der Waals surface area contributed by atoms with Gasteiger partial charge in [0.25, 0.3) is 0 Å². The highest BCUT2D eigenvalue weighted by Crippen LogP contribution is 2.66. The van der Waals surface area contributed by atoms with Crippen molar-refractivity contribution in [2.45, 2.75) is 70.8 Å². The van der Waals surface area contributed by atoms with Crippen LogP contribution in [0.3, 0.4) is 0 Å². The third-order valence-electron chi connectivity index (χ3n) is 9.32. The largest absolute Gasteiger partial charge is 0.393 e. The number of aliphatic hydroxyl groups is 2. The second kappa shape index (κ2) is 8.19. The molecule has 0 spiro atoms. The number of carbonyl (C=O) groups excluding carboxylic acids is 1. The fourth-order valence-electron chi connectivity index (χ4n) is 7.63. The summed E-state index contributed by atoms with van der Waals surface area (Å²) >= 11 is 0. The number of hydroxylamine groups is 1. The summed E-state index contributed by atoms with van der Waals surface area (Å²) < 4.78 is 0. The molecule has 0 aliphatic heterocycles. The third-order valence-corrected chi connectivity index (χ3v) is 9.32. The first-order chi connectivity index (χ1) is 14.3. The summed E-state index contributed by atoms with van der Waals surface area (Å²) in [5.74, 6) is 1.46. The van der Waals surface area contributed by atoms with Gasteiger partial charge >= 0.3 is 0 Å². The molecular weight excluding hydrogens is 380 g/mol. The van der Waals surface area contributed by atoms with Crippen molar-refractivity contribution < 1.29 is 19.8 Å². The lowest BCUT2D eigenvalue weighted by molar-refractivity contribution is -0.194. The minimum Gasteiger partial charge on any atom is -0.393 e. The van der Waals surface area contributed by atoms with Gasteiger partial charge in [-0.05, 0) is 81.7 Å². The lowest BCUT2D eigenvalue weighted by Crippen LogP contribution is -2.63. The maximum absolute atomic E-state index is 12.7. The number of nitrogens with one attached hydrogen (secondary N) is 2. The molecular formula is C24H40N2O4. The zero-order valence-electron chi connectivity index (χ0n) is 18.9. The van der Waals surface area contributed by atoms with Crippen molar-refractivity contribution in [3.8, 4) is 0 Å². The van der Waals surface area contributed by atoms with E-state index in [4.69, 9.17) is 4.84 Å². The molecule has 4 rings (SSSR count). The molecule has 170 valence electrons. The zero-order valence-corrected chi connectivity index (χ0v) is 18.9. The zero-order chi connectivity index (χ0) is 21.6. The number of hydrogen-bond donors (Lipinski definition) is 4. The normalized spacial score (nSPS) is 45.4. The van der Waals surface area contributed by atoms with E-state index >= 15 is 0 Å². The first-order valence-electron chi connectivity index (χ1n) is 11.9. The Morgan fingerprint density at radius 2 is 2.00 bits per heavy atom. The van der Waals surface area contributed by atoms with Crippen molar-refractivity contribution in [3.05, 3.63) is 11.8 Å². The van der Waals surface area contributed by atoms with E-state index in [1.165, 1.54) is 0 Å². The highest BCUT2D eigenvalue weighted by Gasteiger charge is 2.64. The monoisotopic (exact) mass is 420 g/mol. The fourth-order valence-corrected chi connectivity index (χ4v) is 7.63. The Bertz CT molecular complexity index is 697. The fraction of sp³-hybridized carbons (Fsp3) is 0.875. The lowest BCUT2D eigenvalue weighted by Gasteiger charge is -2.63. The van der Waals surface area contributed by atoms with E-state index in [1.807, 2.05) is 7.05 Å². The SMILES string of the molecule is CNCCCONC1=CC2C(O)(CO)C[C@@H]3[C@@H](CC[C@]4(C)C(=O)CC[C@@H]34)[C@@]2(C)CC1. The van der Waals surface area contributed by atoms with Crippen LogP contribution in [0, 0.1) is 34.5 Å². The Labute approximate surface area is 180 Å². The molecule has 0 amide bonds. The second-order valence-electron chi connectivity index (χ2n) is 10.8. The first kappa shape index (κ1) is 22.3. The van der Waals surface area contributed by atoms with Crippen LogP contribution in [-0.2, 0) is 9.63 Å². The van der Waals surface area contributed by atoms with Gasteiger partial charge in [0.1, 0.15) is 5.78 Å². The number of carbonyl (C=O) groups is 1. The quantitative estimate of drug-likeness (QED) is 0.374. The first-order valence-corrected chi connectivity index (χ1v) is 11.9. The number of allylic oxidation sites excluding steroid dienone is 1. The molecule has 2 unspecified atom stereocenters. The smallest absolute Gasteiger partial charge is 0.139 e. The van der Waals surface area contributed by atoms with Crippen LogP contribution in [0.2, 0.25) is 0 Å². The van der Waals surface area contributed by atoms with Crippen molar-refractivity contribution in [2.75, 3.05) is 26.8 Å². The van der Waals surface area contributed by atoms with Gasteiger partial charge in [-0.2, -0.15) is 0 Å². The number of rotatable bonds is 7. The number of Topliss-reactive ketones (excluding diaryl/α,β-unsaturated/α-hetero) is 1. The van der Waals surface area contributed by atoms with Crippen LogP contribution in [0.25, 0.3) is 0 Å². The molecule has 0 aromatic heterocycles. The van der Waals surface area contributed by atoms with Gasteiger partial charge in [0.2, 0.25) is 0 Å². The van der Waals surface area contributed by atoms with Crippen LogP contribution in [0.5, 0.6) is 0 Å². The van der Waals surface area contributed by atoms with Crippen LogP contribution < -0.4 is 10.8 Å². The van der Waals surface area contributed by atoms with Crippen molar-refractivity contribution in [1.29, 1.82) is 0 Å². The summed E-state index contributed by atoms with van der Waals surface area (Å²) in [5, 5.41) is 25.1. The molecule has 4 N–H and O–H groups in total. The predicted molar refractivity (Wildman–Crippen MR) is 115 cm³/mol. The Balaban J connectivity index is 1.56. The number of fused-ring (bicyclic) bond motifs is 5. The van der Waals surface area contributed by atoms with Crippen molar-refractivity contribution in [2.24, 2.45) is 34.5 Å². The summed E-state index contributed by atoms with van der Waals surface area (Å²) in [6.07, 6.45) is 9.18. The van der Waals surface area contributed by atoms with Crippen LogP contribution >= 0.6 is 0 Å². The van der Waals surface area contributed by atoms with Gasteiger partial charge in [0, 0.05) is 23.5 Å². The van der Waals surface area contributed by atoms with E-state index in [2.05, 4.69) is 30.7 Å². The summed E-state index contributed by atoms with van der Waals surface area (Å²) in [5.41, 5.74) is 2.70. The van der Waals surface area contributed by atoms with E-state index < -0.39 is 5.60 Å². The summed E-state index contributed by atoms with van der Waals surface area (Å²) in [7, 11) is 1.93. The molecule has 0 aromatic carbocycles. The Kier molecular flexibility index (Phi) is 6.08. The van der Waals surface area contributed by atoms with E-state index in [1.54, 1.807) is 0 Å². The highest BCUT2D eigenvalue weighted by molar-refractivity contribution is 5.87. The maximum atomic E-state index is 12.7. The number of ketones is 1. The van der Waals surface area contributed by atoms with Gasteiger partial charge in [0.15, 0.2) is 0 Å². The van der Waals surface area contributed by atoms with Crippen LogP contribution in [0.15, 0.2) is 11.8 Å². The van der Waals surface area contributed by atoms with Crippen molar-refractivity contribution in [3.63, 3.8) is 0 Å². The topological polar surface area (TPSA) is 90.8 Å². The molecule has 0 aromatic rings. The third kappa shape index (κ3) is 3.44. The van der Waals surface area contributed by atoms with Gasteiger partial charge in [-0.15, -0.1) is 0 Å². The molecule has 0 bridgehead atoms. The molecule has 0 heterocycles. The van der Waals surface area contributed by atoms with Gasteiger partial charge in [0.05, 0.1) is 18.8 Å². The van der Waals surface area contributed by atoms with Crippen LogP contribution in [0.4, 0.5) is 0 Å². The Morgan fingerprint density at radius 3 is 2.73 bits per heavy atom. The van der Waals surface area contributed by atoms with E-state index in [0.29, 0.717) is 43.0 Å². The number of hydrogen-bond acceptors (Lipinski definition) is 6. The summed E-state index contributed by atoms with van der Waals surface area (Å²) in [6, 6.07) is 0. The minimum atomic E-state index is -1.14. The predicted octanol–water partition coefficient (Wildman–Crippen LogP) is 2.56. The Morgan fingerprint density at radius 1 is 1.20 bits per heavy atom. The van der Waals surface area contributed by atoms with E-state index in [9.17, 15) is 15.0 Å². The molecule has 3 fully saturated rings. The van der Waals surface area contributed by atoms with E-state index in [-0.39, 0.29) is 23.4 Å². The van der Waals surface area contributed by atoms with Gasteiger partial charge in [-0.25, -0.2) is 0 Å². The van der Waals surface area contributed by atoms with Crippen LogP contribution in [0.1, 0.15) is 65.2 Å². The average molecular weight is 421 g/mol. The van der Waals surface area contributed by atoms with Gasteiger partial charge < -0.3 is 15.5 Å². The van der Waals surface area contributed by atoms with Crippen molar-refractivity contribution in [1.82, 2.24) is 10.8 Å². The molecule has 0 radical (unpaired) electrons. The molecule has 6 nitrogen and oxygen atoms in total. The maximum Gasteiger partial charge on any atom is 0.139 e. The molecule has 30 heavy (non-hydrogen) atoms. The van der Waals surface area contributed by atoms with Gasteiger partial charge in [-0.1, -0.05) is 19.9 Å². The van der Waals surface area contributed by atoms with E-state index in [0.717, 1.165) is 50.8 Å². The molecule has 7 atom stereocenters. The number of aliphatic hydroxyl groups excluding tert-OH is 1. The molecule has 4 aliphatic carbocycles. The molecule has 6 heteroatoms. The van der Waals surface area contributed by atoms with Gasteiger partial charge in [-0.3, -0.25) is 15.1 Å². The Hall–Kier alpha value is -0.950. The standard InChI is InChI=1S/C24H40N2O4/c1-22-9-7-16(26-30-12-4-11-25-3)13-20(22)24(29,15-27)14-17-18-5-6-21(28)23(18,2)10-8-19(17)22/h13,17-20,25-27,29H,4-12,14-15H2,1-3H3/t17-,18-,19+,20?,22+,23-,24?/m0/s1. The van der Waals surface area contributed by atoms with Crippen LogP contribution in [-0.4, -0.2) is 48.4 Å². The molecule has 0 saturated heterocycles. The average Bonchev–Trinajstić information content (AvgIpc) is 3.03. The summed E-state index contributed by atoms with van der Waals surface area (Å²) in [4.78, 5) is 18.3. The summed E-state index contributed by atoms with van der Waals surface area (Å²) in [6.45, 7) is 5.78. The lowest BCUT2D eigenvalue weighted by atomic mass is 9.43.